The SMILES string of the molecule is O=C(Nc1ccc(F)c(F)c1F)[C@H]1CC(=O)N(CCc2ccccc2)C1. The van der Waals surface area contributed by atoms with Crippen LogP contribution in [0.25, 0.3) is 0 Å². The lowest BCUT2D eigenvalue weighted by Gasteiger charge is -2.16. The Morgan fingerprint density at radius 3 is 2.54 bits per heavy atom. The van der Waals surface area contributed by atoms with Gasteiger partial charge in [0.15, 0.2) is 17.5 Å². The number of likely N-dealkylation sites (tertiary alicyclic amines) is 1. The largest absolute Gasteiger partial charge is 0.342 e. The summed E-state index contributed by atoms with van der Waals surface area (Å²) < 4.78 is 39.9. The first kappa shape index (κ1) is 18.0. The van der Waals surface area contributed by atoms with Crippen molar-refractivity contribution in [2.24, 2.45) is 5.92 Å². The number of nitrogens with one attached hydrogen (secondary N) is 1. The van der Waals surface area contributed by atoms with Crippen LogP contribution in [0.5, 0.6) is 0 Å². The molecule has 0 saturated carbocycles. The lowest BCUT2D eigenvalue weighted by atomic mass is 10.1. The lowest BCUT2D eigenvalue weighted by molar-refractivity contribution is -0.128. The quantitative estimate of drug-likeness (QED) is 0.831. The van der Waals surface area contributed by atoms with Gasteiger partial charge in [0.05, 0.1) is 11.6 Å². The molecule has 3 rings (SSSR count). The van der Waals surface area contributed by atoms with Gasteiger partial charge in [-0.05, 0) is 24.1 Å². The van der Waals surface area contributed by atoms with Gasteiger partial charge >= 0.3 is 0 Å². The molecule has 1 aliphatic rings. The molecule has 0 aliphatic carbocycles. The number of nitrogens with zero attached hydrogens (tertiary/aromatic N) is 1. The average molecular weight is 362 g/mol. The maximum absolute atomic E-state index is 13.7. The monoisotopic (exact) mass is 362 g/mol. The van der Waals surface area contributed by atoms with Gasteiger partial charge in [-0.2, -0.15) is 0 Å². The second kappa shape index (κ2) is 7.59. The molecular formula is C19H17F3N2O2. The molecule has 1 heterocycles. The fourth-order valence-electron chi connectivity index (χ4n) is 2.93. The number of carbonyl (C=O) groups is 2. The van der Waals surface area contributed by atoms with Crippen LogP contribution in [0.3, 0.4) is 0 Å². The number of hydrogen-bond acceptors (Lipinski definition) is 2. The Hall–Kier alpha value is -2.83. The highest BCUT2D eigenvalue weighted by Crippen LogP contribution is 2.23. The number of carbonyl (C=O) groups excluding carboxylic acids is 2. The van der Waals surface area contributed by atoms with E-state index in [1.54, 1.807) is 4.90 Å². The molecule has 2 aromatic rings. The van der Waals surface area contributed by atoms with Gasteiger partial charge in [-0.3, -0.25) is 9.59 Å². The molecule has 0 unspecified atom stereocenters. The van der Waals surface area contributed by atoms with Gasteiger partial charge in [0.2, 0.25) is 11.8 Å². The van der Waals surface area contributed by atoms with Crippen molar-refractivity contribution in [3.63, 3.8) is 0 Å². The van der Waals surface area contributed by atoms with E-state index >= 15 is 0 Å². The third-order valence-corrected chi connectivity index (χ3v) is 4.39. The Morgan fingerprint density at radius 2 is 1.81 bits per heavy atom. The summed E-state index contributed by atoms with van der Waals surface area (Å²) in [6.07, 6.45) is 0.671. The molecule has 4 nitrogen and oxygen atoms in total. The van der Waals surface area contributed by atoms with Crippen molar-refractivity contribution in [2.75, 3.05) is 18.4 Å². The Labute approximate surface area is 148 Å². The van der Waals surface area contributed by atoms with Crippen LogP contribution in [0.4, 0.5) is 18.9 Å². The zero-order valence-corrected chi connectivity index (χ0v) is 13.8. The minimum atomic E-state index is -1.64. The summed E-state index contributed by atoms with van der Waals surface area (Å²) in [6.45, 7) is 0.689. The smallest absolute Gasteiger partial charge is 0.229 e. The molecule has 0 aromatic heterocycles. The van der Waals surface area contributed by atoms with Gasteiger partial charge in [-0.15, -0.1) is 0 Å². The Bertz CT molecular complexity index is 827. The zero-order valence-electron chi connectivity index (χ0n) is 13.8. The summed E-state index contributed by atoms with van der Waals surface area (Å²) in [6, 6.07) is 11.3. The minimum absolute atomic E-state index is 0.00587. The number of hydrogen-bond donors (Lipinski definition) is 1. The van der Waals surface area contributed by atoms with Crippen molar-refractivity contribution in [1.82, 2.24) is 4.90 Å². The van der Waals surface area contributed by atoms with Crippen LogP contribution < -0.4 is 5.32 Å². The maximum Gasteiger partial charge on any atom is 0.229 e. The molecule has 1 aliphatic heterocycles. The van der Waals surface area contributed by atoms with E-state index in [9.17, 15) is 22.8 Å². The van der Waals surface area contributed by atoms with E-state index < -0.39 is 35.0 Å². The topological polar surface area (TPSA) is 49.4 Å². The molecule has 136 valence electrons. The molecule has 0 spiro atoms. The standard InChI is InChI=1S/C19H17F3N2O2/c20-14-6-7-15(18(22)17(14)21)23-19(26)13-10-16(25)24(11-13)9-8-12-4-2-1-3-5-12/h1-7,13H,8-11H2,(H,23,26)/t13-/m0/s1. The Balaban J connectivity index is 1.59. The summed E-state index contributed by atoms with van der Waals surface area (Å²) in [7, 11) is 0. The van der Waals surface area contributed by atoms with E-state index in [-0.39, 0.29) is 18.9 Å². The zero-order chi connectivity index (χ0) is 18.7. The Kier molecular flexibility index (Phi) is 5.25. The summed E-state index contributed by atoms with van der Waals surface area (Å²) in [5, 5.41) is 2.24. The second-order valence-corrected chi connectivity index (χ2v) is 6.19. The molecule has 2 amide bonds. The molecule has 26 heavy (non-hydrogen) atoms. The molecule has 0 radical (unpaired) electrons. The molecule has 1 atom stereocenters. The molecule has 1 N–H and O–H groups in total. The first-order chi connectivity index (χ1) is 12.5. The number of anilines is 1. The van der Waals surface area contributed by atoms with Gasteiger partial charge in [0.25, 0.3) is 0 Å². The molecule has 1 saturated heterocycles. The summed E-state index contributed by atoms with van der Waals surface area (Å²) in [5.74, 6) is -5.84. The van der Waals surface area contributed by atoms with E-state index in [2.05, 4.69) is 5.32 Å². The van der Waals surface area contributed by atoms with Gasteiger partial charge in [-0.25, -0.2) is 13.2 Å². The molecule has 2 aromatic carbocycles. The minimum Gasteiger partial charge on any atom is -0.342 e. The molecule has 0 bridgehead atoms. The first-order valence-electron chi connectivity index (χ1n) is 8.21. The van der Waals surface area contributed by atoms with Crippen molar-refractivity contribution < 1.29 is 22.8 Å². The van der Waals surface area contributed by atoms with E-state index in [4.69, 9.17) is 0 Å². The highest BCUT2D eigenvalue weighted by Gasteiger charge is 2.34. The van der Waals surface area contributed by atoms with Gasteiger partial charge in [-0.1, -0.05) is 30.3 Å². The van der Waals surface area contributed by atoms with Crippen molar-refractivity contribution >= 4 is 17.5 Å². The van der Waals surface area contributed by atoms with E-state index in [1.165, 1.54) is 0 Å². The highest BCUT2D eigenvalue weighted by atomic mass is 19.2. The van der Waals surface area contributed by atoms with Gasteiger partial charge in [0.1, 0.15) is 0 Å². The second-order valence-electron chi connectivity index (χ2n) is 6.19. The van der Waals surface area contributed by atoms with Crippen molar-refractivity contribution in [3.05, 3.63) is 65.5 Å². The first-order valence-corrected chi connectivity index (χ1v) is 8.21. The Morgan fingerprint density at radius 1 is 1.08 bits per heavy atom. The van der Waals surface area contributed by atoms with Crippen LogP contribution in [0, 0.1) is 23.4 Å². The highest BCUT2D eigenvalue weighted by molar-refractivity contribution is 5.97. The predicted octanol–water partition coefficient (Wildman–Crippen LogP) is 3.13. The van der Waals surface area contributed by atoms with Crippen LogP contribution >= 0.6 is 0 Å². The van der Waals surface area contributed by atoms with Crippen LogP contribution in [-0.2, 0) is 16.0 Å². The molecular weight excluding hydrogens is 345 g/mol. The van der Waals surface area contributed by atoms with Gasteiger partial charge in [0, 0.05) is 19.5 Å². The predicted molar refractivity (Wildman–Crippen MR) is 89.8 cm³/mol. The van der Waals surface area contributed by atoms with Crippen molar-refractivity contribution in [3.8, 4) is 0 Å². The number of rotatable bonds is 5. The van der Waals surface area contributed by atoms with Crippen LogP contribution in [0.2, 0.25) is 0 Å². The number of halogens is 3. The summed E-state index contributed by atoms with van der Waals surface area (Å²) in [5.41, 5.74) is 0.640. The molecule has 7 heteroatoms. The fourth-order valence-corrected chi connectivity index (χ4v) is 2.93. The number of amides is 2. The van der Waals surface area contributed by atoms with E-state index in [0.29, 0.717) is 13.0 Å². The average Bonchev–Trinajstić information content (AvgIpc) is 3.02. The van der Waals surface area contributed by atoms with Crippen molar-refractivity contribution in [1.29, 1.82) is 0 Å². The van der Waals surface area contributed by atoms with Crippen LogP contribution in [0.15, 0.2) is 42.5 Å². The number of benzene rings is 2. The maximum atomic E-state index is 13.7. The normalized spacial score (nSPS) is 16.8. The van der Waals surface area contributed by atoms with Crippen LogP contribution in [0.1, 0.15) is 12.0 Å². The summed E-state index contributed by atoms with van der Waals surface area (Å²) >= 11 is 0. The van der Waals surface area contributed by atoms with Gasteiger partial charge < -0.3 is 10.2 Å². The van der Waals surface area contributed by atoms with E-state index in [0.717, 1.165) is 17.7 Å². The summed E-state index contributed by atoms with van der Waals surface area (Å²) in [4.78, 5) is 25.9. The lowest BCUT2D eigenvalue weighted by Crippen LogP contribution is -2.30. The van der Waals surface area contributed by atoms with Crippen molar-refractivity contribution in [2.45, 2.75) is 12.8 Å². The molecule has 1 fully saturated rings. The van der Waals surface area contributed by atoms with E-state index in [1.807, 2.05) is 30.3 Å². The third kappa shape index (κ3) is 3.87. The fraction of sp³-hybridized carbons (Fsp3) is 0.263. The van der Waals surface area contributed by atoms with Crippen LogP contribution in [-0.4, -0.2) is 29.8 Å². The third-order valence-electron chi connectivity index (χ3n) is 4.39.